The van der Waals surface area contributed by atoms with E-state index in [-0.39, 0.29) is 0 Å². The standard InChI is InChI=1S/C18H22N2O2/c1-18(2)6-8-20(9-7-18)17-13(12-21)11-19-16-5-4-14(22-3)10-15(16)17/h4-5,10-12H,6-9H2,1-3H3. The Hall–Kier alpha value is -2.10. The zero-order valence-electron chi connectivity index (χ0n) is 13.4. The van der Waals surface area contributed by atoms with Gasteiger partial charge in [-0.25, -0.2) is 0 Å². The van der Waals surface area contributed by atoms with Crippen molar-refractivity contribution in [2.24, 2.45) is 5.41 Å². The van der Waals surface area contributed by atoms with E-state index in [9.17, 15) is 4.79 Å². The normalized spacial score (nSPS) is 17.5. The molecule has 1 aliphatic heterocycles. The molecule has 0 unspecified atom stereocenters. The monoisotopic (exact) mass is 298 g/mol. The molecule has 0 bridgehead atoms. The molecule has 0 radical (unpaired) electrons. The predicted molar refractivity (Wildman–Crippen MR) is 88.9 cm³/mol. The molecule has 0 aliphatic carbocycles. The lowest BCUT2D eigenvalue weighted by Crippen LogP contribution is -2.38. The summed E-state index contributed by atoms with van der Waals surface area (Å²) in [6.45, 7) is 6.53. The van der Waals surface area contributed by atoms with Gasteiger partial charge in [0.15, 0.2) is 6.29 Å². The van der Waals surface area contributed by atoms with Crippen LogP contribution in [-0.4, -0.2) is 31.5 Å². The summed E-state index contributed by atoms with van der Waals surface area (Å²) < 4.78 is 5.34. The highest BCUT2D eigenvalue weighted by Crippen LogP contribution is 2.37. The van der Waals surface area contributed by atoms with Gasteiger partial charge < -0.3 is 9.64 Å². The average molecular weight is 298 g/mol. The molecule has 0 N–H and O–H groups in total. The van der Waals surface area contributed by atoms with E-state index in [1.807, 2.05) is 18.2 Å². The van der Waals surface area contributed by atoms with Crippen molar-refractivity contribution in [1.82, 2.24) is 4.98 Å². The van der Waals surface area contributed by atoms with E-state index in [1.54, 1.807) is 13.3 Å². The number of aldehydes is 1. The topological polar surface area (TPSA) is 42.4 Å². The summed E-state index contributed by atoms with van der Waals surface area (Å²) in [7, 11) is 1.65. The molecule has 2 aromatic rings. The molecule has 0 spiro atoms. The van der Waals surface area contributed by atoms with E-state index in [0.29, 0.717) is 11.0 Å². The zero-order valence-corrected chi connectivity index (χ0v) is 13.4. The Kier molecular flexibility index (Phi) is 3.77. The fourth-order valence-corrected chi connectivity index (χ4v) is 3.07. The van der Waals surface area contributed by atoms with Crippen LogP contribution in [0.25, 0.3) is 10.9 Å². The molecule has 116 valence electrons. The van der Waals surface area contributed by atoms with Crippen LogP contribution in [0.5, 0.6) is 5.75 Å². The van der Waals surface area contributed by atoms with Crippen molar-refractivity contribution in [1.29, 1.82) is 0 Å². The first-order valence-electron chi connectivity index (χ1n) is 7.71. The third-order valence-corrected chi connectivity index (χ3v) is 4.64. The van der Waals surface area contributed by atoms with Crippen molar-refractivity contribution in [3.63, 3.8) is 0 Å². The summed E-state index contributed by atoms with van der Waals surface area (Å²) in [5, 5.41) is 0.989. The van der Waals surface area contributed by atoms with Crippen molar-refractivity contribution in [2.45, 2.75) is 26.7 Å². The molecule has 0 amide bonds. The summed E-state index contributed by atoms with van der Waals surface area (Å²) in [6, 6.07) is 5.82. The first-order chi connectivity index (χ1) is 10.5. The van der Waals surface area contributed by atoms with Gasteiger partial charge in [0.2, 0.25) is 0 Å². The maximum atomic E-state index is 11.5. The fourth-order valence-electron chi connectivity index (χ4n) is 3.07. The van der Waals surface area contributed by atoms with Crippen LogP contribution in [0.3, 0.4) is 0 Å². The van der Waals surface area contributed by atoms with E-state index >= 15 is 0 Å². The van der Waals surface area contributed by atoms with Crippen molar-refractivity contribution < 1.29 is 9.53 Å². The number of ether oxygens (including phenoxy) is 1. The summed E-state index contributed by atoms with van der Waals surface area (Å²) >= 11 is 0. The number of aromatic nitrogens is 1. The lowest BCUT2D eigenvalue weighted by molar-refractivity contribution is 0.112. The van der Waals surface area contributed by atoms with Crippen molar-refractivity contribution in [3.8, 4) is 5.75 Å². The molecule has 1 aromatic heterocycles. The number of hydrogen-bond donors (Lipinski definition) is 0. The second kappa shape index (κ2) is 5.59. The molecule has 22 heavy (non-hydrogen) atoms. The van der Waals surface area contributed by atoms with Gasteiger partial charge >= 0.3 is 0 Å². The molecule has 2 heterocycles. The number of rotatable bonds is 3. The summed E-state index contributed by atoms with van der Waals surface area (Å²) in [5.74, 6) is 0.788. The van der Waals surface area contributed by atoms with Crippen molar-refractivity contribution >= 4 is 22.9 Å². The van der Waals surface area contributed by atoms with Gasteiger partial charge in [0.25, 0.3) is 0 Å². The van der Waals surface area contributed by atoms with Gasteiger partial charge in [0.1, 0.15) is 5.75 Å². The Bertz CT molecular complexity index is 700. The lowest BCUT2D eigenvalue weighted by Gasteiger charge is -2.39. The first kappa shape index (κ1) is 14.8. The van der Waals surface area contributed by atoms with Crippen LogP contribution >= 0.6 is 0 Å². The number of benzene rings is 1. The lowest BCUT2D eigenvalue weighted by atomic mass is 9.82. The molecule has 1 aliphatic rings. The number of nitrogens with zero attached hydrogens (tertiary/aromatic N) is 2. The number of hydrogen-bond acceptors (Lipinski definition) is 4. The van der Waals surface area contributed by atoms with Crippen LogP contribution < -0.4 is 9.64 Å². The minimum atomic E-state index is 0.373. The van der Waals surface area contributed by atoms with Crippen molar-refractivity contribution in [3.05, 3.63) is 30.0 Å². The van der Waals surface area contributed by atoms with E-state index < -0.39 is 0 Å². The van der Waals surface area contributed by atoms with Gasteiger partial charge in [-0.3, -0.25) is 9.78 Å². The number of anilines is 1. The number of pyridine rings is 1. The van der Waals surface area contributed by atoms with Crippen molar-refractivity contribution in [2.75, 3.05) is 25.1 Å². The Morgan fingerprint density at radius 2 is 2.00 bits per heavy atom. The van der Waals surface area contributed by atoms with Gasteiger partial charge in [-0.1, -0.05) is 13.8 Å². The Labute approximate surface area is 131 Å². The van der Waals surface area contributed by atoms with Gasteiger partial charge in [-0.05, 0) is 36.5 Å². The van der Waals surface area contributed by atoms with E-state index in [2.05, 4.69) is 23.7 Å². The van der Waals surface area contributed by atoms with E-state index in [0.717, 1.165) is 54.6 Å². The Balaban J connectivity index is 2.11. The molecule has 0 atom stereocenters. The summed E-state index contributed by atoms with van der Waals surface area (Å²) in [5.41, 5.74) is 2.92. The number of fused-ring (bicyclic) bond motifs is 1. The zero-order chi connectivity index (χ0) is 15.7. The number of carbonyl (C=O) groups is 1. The smallest absolute Gasteiger partial charge is 0.153 e. The highest BCUT2D eigenvalue weighted by Gasteiger charge is 2.27. The molecule has 1 fully saturated rings. The first-order valence-corrected chi connectivity index (χ1v) is 7.71. The van der Waals surface area contributed by atoms with E-state index in [1.165, 1.54) is 0 Å². The molecule has 1 aromatic carbocycles. The second-order valence-corrected chi connectivity index (χ2v) is 6.71. The molecule has 4 heteroatoms. The Morgan fingerprint density at radius 3 is 2.64 bits per heavy atom. The number of methoxy groups -OCH3 is 1. The fraction of sp³-hybridized carbons (Fsp3) is 0.444. The average Bonchev–Trinajstić information content (AvgIpc) is 2.53. The van der Waals surface area contributed by atoms with Crippen LogP contribution in [0.2, 0.25) is 0 Å². The van der Waals surface area contributed by atoms with E-state index in [4.69, 9.17) is 4.74 Å². The van der Waals surface area contributed by atoms with Gasteiger partial charge in [-0.2, -0.15) is 0 Å². The second-order valence-electron chi connectivity index (χ2n) is 6.71. The quantitative estimate of drug-likeness (QED) is 0.811. The van der Waals surface area contributed by atoms with Gasteiger partial charge in [0, 0.05) is 24.7 Å². The molecular formula is C18H22N2O2. The minimum Gasteiger partial charge on any atom is -0.497 e. The highest BCUT2D eigenvalue weighted by atomic mass is 16.5. The maximum absolute atomic E-state index is 11.5. The molecule has 4 nitrogen and oxygen atoms in total. The minimum absolute atomic E-state index is 0.373. The number of carbonyl (C=O) groups excluding carboxylic acids is 1. The van der Waals surface area contributed by atoms with Gasteiger partial charge in [0.05, 0.1) is 23.9 Å². The van der Waals surface area contributed by atoms with Crippen LogP contribution in [0.15, 0.2) is 24.4 Å². The van der Waals surface area contributed by atoms with Crippen LogP contribution in [0.4, 0.5) is 5.69 Å². The largest absolute Gasteiger partial charge is 0.497 e. The molecule has 1 saturated heterocycles. The third-order valence-electron chi connectivity index (χ3n) is 4.64. The maximum Gasteiger partial charge on any atom is 0.153 e. The van der Waals surface area contributed by atoms with Crippen LogP contribution in [0, 0.1) is 5.41 Å². The Morgan fingerprint density at radius 1 is 1.27 bits per heavy atom. The molecule has 3 rings (SSSR count). The number of piperidine rings is 1. The van der Waals surface area contributed by atoms with Crippen LogP contribution in [-0.2, 0) is 0 Å². The third kappa shape index (κ3) is 2.65. The summed E-state index contributed by atoms with van der Waals surface area (Å²) in [6.07, 6.45) is 4.83. The highest BCUT2D eigenvalue weighted by molar-refractivity contribution is 6.01. The molecular weight excluding hydrogens is 276 g/mol. The predicted octanol–water partition coefficient (Wildman–Crippen LogP) is 3.68. The van der Waals surface area contributed by atoms with Crippen LogP contribution in [0.1, 0.15) is 37.0 Å². The summed E-state index contributed by atoms with van der Waals surface area (Å²) in [4.78, 5) is 18.2. The van der Waals surface area contributed by atoms with Gasteiger partial charge in [-0.15, -0.1) is 0 Å². The SMILES string of the molecule is COc1ccc2ncc(C=O)c(N3CCC(C)(C)CC3)c2c1. The molecule has 0 saturated carbocycles.